The number of nitrogens with one attached hydrogen (secondary N) is 1. The number of ether oxygens (including phenoxy) is 1. The third-order valence-electron chi connectivity index (χ3n) is 3.22. The molecule has 0 fully saturated rings. The highest BCUT2D eigenvalue weighted by atomic mass is 127. The molecule has 1 N–H and O–H groups in total. The molecular weight excluding hydrogens is 517 g/mol. The van der Waals surface area contributed by atoms with Crippen molar-refractivity contribution in [2.45, 2.75) is 0 Å². The van der Waals surface area contributed by atoms with Gasteiger partial charge in [0, 0.05) is 17.8 Å². The first-order chi connectivity index (χ1) is 12.3. The number of carbonyl (C=O) groups excluding carboxylic acids is 1. The summed E-state index contributed by atoms with van der Waals surface area (Å²) < 4.78 is 6.74. The molecule has 0 aliphatic rings. The van der Waals surface area contributed by atoms with E-state index in [1.807, 2.05) is 6.07 Å². The fourth-order valence-electron chi connectivity index (χ4n) is 2.07. The number of amides is 1. The summed E-state index contributed by atoms with van der Waals surface area (Å²) in [5.74, 6) is -0.00255. The number of hydrogen-bond donors (Lipinski definition) is 1. The van der Waals surface area contributed by atoms with Gasteiger partial charge < -0.3 is 10.1 Å². The first-order valence-corrected chi connectivity index (χ1v) is 8.93. The molecule has 2 aromatic carbocycles. The number of rotatable bonds is 5. The number of methoxy groups -OCH3 is 1. The van der Waals surface area contributed by atoms with Gasteiger partial charge in [-0.15, -0.1) is 0 Å². The van der Waals surface area contributed by atoms with E-state index in [0.29, 0.717) is 15.8 Å². The van der Waals surface area contributed by atoms with E-state index in [9.17, 15) is 20.2 Å². The number of nitrogens with zero attached hydrogens (tertiary/aromatic N) is 2. The van der Waals surface area contributed by atoms with E-state index in [0.717, 1.165) is 3.57 Å². The number of nitro benzene ring substituents is 1. The molecule has 2 aromatic rings. The van der Waals surface area contributed by atoms with Crippen molar-refractivity contribution in [1.29, 1.82) is 5.26 Å². The highest BCUT2D eigenvalue weighted by molar-refractivity contribution is 14.1. The molecule has 7 nitrogen and oxygen atoms in total. The van der Waals surface area contributed by atoms with E-state index in [1.165, 1.54) is 30.3 Å². The molecule has 0 radical (unpaired) electrons. The lowest BCUT2D eigenvalue weighted by Crippen LogP contribution is -2.13. The summed E-state index contributed by atoms with van der Waals surface area (Å²) >= 11 is 5.46. The Kier molecular flexibility index (Phi) is 6.70. The van der Waals surface area contributed by atoms with Gasteiger partial charge >= 0.3 is 0 Å². The Morgan fingerprint density at radius 2 is 2.15 bits per heavy atom. The molecule has 0 unspecified atom stereocenters. The molecule has 0 spiro atoms. The van der Waals surface area contributed by atoms with Crippen molar-refractivity contribution in [2.75, 3.05) is 12.4 Å². The monoisotopic (exact) mass is 527 g/mol. The maximum absolute atomic E-state index is 12.3. The van der Waals surface area contributed by atoms with Crippen LogP contribution < -0.4 is 10.1 Å². The second-order valence-electron chi connectivity index (χ2n) is 4.95. The quantitative estimate of drug-likeness (QED) is 0.202. The molecule has 26 heavy (non-hydrogen) atoms. The number of hydrogen-bond acceptors (Lipinski definition) is 5. The molecule has 0 saturated heterocycles. The molecule has 132 valence electrons. The minimum absolute atomic E-state index is 0.135. The third-order valence-corrected chi connectivity index (χ3v) is 4.61. The predicted octanol–water partition coefficient (Wildman–Crippen LogP) is 4.52. The fraction of sp³-hybridized carbons (Fsp3) is 0.0588. The maximum Gasteiger partial charge on any atom is 0.271 e. The lowest BCUT2D eigenvalue weighted by Gasteiger charge is -2.08. The number of nitro groups is 1. The third kappa shape index (κ3) is 4.80. The average molecular weight is 528 g/mol. The molecule has 0 heterocycles. The first kappa shape index (κ1) is 19.9. The molecule has 0 aliphatic carbocycles. The molecule has 0 atom stereocenters. The summed E-state index contributed by atoms with van der Waals surface area (Å²) in [6.07, 6.45) is 1.43. The van der Waals surface area contributed by atoms with Gasteiger partial charge in [0.2, 0.25) is 0 Å². The van der Waals surface area contributed by atoms with Crippen molar-refractivity contribution in [3.05, 3.63) is 65.7 Å². The Morgan fingerprint density at radius 3 is 2.73 bits per heavy atom. The molecule has 0 aliphatic heterocycles. The summed E-state index contributed by atoms with van der Waals surface area (Å²) in [5.41, 5.74) is 0.576. The van der Waals surface area contributed by atoms with Crippen molar-refractivity contribution in [3.63, 3.8) is 0 Å². The SMILES string of the molecule is COc1c(Br)cc(/C=C(\C#N)C(=O)Nc2cccc([N+](=O)[O-])c2)cc1I. The van der Waals surface area contributed by atoms with Gasteiger partial charge in [0.15, 0.2) is 0 Å². The highest BCUT2D eigenvalue weighted by Crippen LogP contribution is 2.32. The van der Waals surface area contributed by atoms with Crippen LogP contribution in [0.2, 0.25) is 0 Å². The van der Waals surface area contributed by atoms with Crippen molar-refractivity contribution in [2.24, 2.45) is 0 Å². The van der Waals surface area contributed by atoms with Crippen molar-refractivity contribution < 1.29 is 14.5 Å². The normalized spacial score (nSPS) is 10.8. The van der Waals surface area contributed by atoms with Gasteiger partial charge in [0.05, 0.1) is 20.1 Å². The molecule has 1 amide bonds. The smallest absolute Gasteiger partial charge is 0.271 e. The zero-order chi connectivity index (χ0) is 19.3. The van der Waals surface area contributed by atoms with E-state index in [-0.39, 0.29) is 16.9 Å². The number of nitriles is 1. The minimum atomic E-state index is -0.657. The van der Waals surface area contributed by atoms with Gasteiger partial charge in [-0.1, -0.05) is 6.07 Å². The zero-order valence-electron chi connectivity index (χ0n) is 13.3. The van der Waals surface area contributed by atoms with Crippen LogP contribution in [-0.4, -0.2) is 17.9 Å². The number of halogens is 2. The van der Waals surface area contributed by atoms with Crippen LogP contribution in [0.3, 0.4) is 0 Å². The summed E-state index contributed by atoms with van der Waals surface area (Å²) in [4.78, 5) is 22.6. The molecule has 0 bridgehead atoms. The van der Waals surface area contributed by atoms with Crippen LogP contribution in [0.5, 0.6) is 5.75 Å². The minimum Gasteiger partial charge on any atom is -0.494 e. The first-order valence-electron chi connectivity index (χ1n) is 7.06. The van der Waals surface area contributed by atoms with Gasteiger partial charge in [0.1, 0.15) is 17.4 Å². The Labute approximate surface area is 171 Å². The largest absolute Gasteiger partial charge is 0.494 e. The maximum atomic E-state index is 12.3. The van der Waals surface area contributed by atoms with Crippen molar-refractivity contribution in [3.8, 4) is 11.8 Å². The van der Waals surface area contributed by atoms with Gasteiger partial charge in [-0.3, -0.25) is 14.9 Å². The van der Waals surface area contributed by atoms with E-state index < -0.39 is 10.8 Å². The number of benzene rings is 2. The van der Waals surface area contributed by atoms with Gasteiger partial charge in [0.25, 0.3) is 11.6 Å². The molecule has 0 aromatic heterocycles. The van der Waals surface area contributed by atoms with Crippen molar-refractivity contribution >= 4 is 61.9 Å². The molecule has 2 rings (SSSR count). The fourth-order valence-corrected chi connectivity index (χ4v) is 3.95. The zero-order valence-corrected chi connectivity index (χ0v) is 17.1. The molecular formula is C17H11BrIN3O4. The summed E-state index contributed by atoms with van der Waals surface area (Å²) in [6.45, 7) is 0. The Hall–Kier alpha value is -2.45. The van der Waals surface area contributed by atoms with Gasteiger partial charge in [-0.05, 0) is 68.4 Å². The second-order valence-corrected chi connectivity index (χ2v) is 6.97. The summed E-state index contributed by atoms with van der Waals surface area (Å²) in [7, 11) is 1.55. The summed E-state index contributed by atoms with van der Waals surface area (Å²) in [5, 5.41) is 22.6. The van der Waals surface area contributed by atoms with Crippen LogP contribution in [0.15, 0.2) is 46.4 Å². The lowest BCUT2D eigenvalue weighted by atomic mass is 10.1. The van der Waals surface area contributed by atoms with Crippen LogP contribution in [0, 0.1) is 25.0 Å². The number of anilines is 1. The Bertz CT molecular complexity index is 930. The van der Waals surface area contributed by atoms with Crippen LogP contribution in [0.4, 0.5) is 11.4 Å². The standard InChI is InChI=1S/C17H11BrIN3O4/c1-26-16-14(18)6-10(7-15(16)19)5-11(9-20)17(23)21-12-3-2-4-13(8-12)22(24)25/h2-8H,1H3,(H,21,23)/b11-5+. The van der Waals surface area contributed by atoms with Gasteiger partial charge in [-0.25, -0.2) is 0 Å². The molecule has 0 saturated carbocycles. The predicted molar refractivity (Wildman–Crippen MR) is 109 cm³/mol. The topological polar surface area (TPSA) is 105 Å². The Morgan fingerprint density at radius 1 is 1.42 bits per heavy atom. The van der Waals surface area contributed by atoms with E-state index in [1.54, 1.807) is 19.2 Å². The molecule has 9 heteroatoms. The van der Waals surface area contributed by atoms with Crippen molar-refractivity contribution in [1.82, 2.24) is 0 Å². The summed E-state index contributed by atoms with van der Waals surface area (Å²) in [6, 6.07) is 10.8. The van der Waals surface area contributed by atoms with Crippen LogP contribution >= 0.6 is 38.5 Å². The van der Waals surface area contributed by atoms with Crippen LogP contribution in [0.1, 0.15) is 5.56 Å². The van der Waals surface area contributed by atoms with Gasteiger partial charge in [-0.2, -0.15) is 5.26 Å². The van der Waals surface area contributed by atoms with E-state index in [2.05, 4.69) is 43.8 Å². The van der Waals surface area contributed by atoms with Crippen LogP contribution in [0.25, 0.3) is 6.08 Å². The van der Waals surface area contributed by atoms with Crippen LogP contribution in [-0.2, 0) is 4.79 Å². The lowest BCUT2D eigenvalue weighted by molar-refractivity contribution is -0.384. The average Bonchev–Trinajstić information content (AvgIpc) is 2.59. The highest BCUT2D eigenvalue weighted by Gasteiger charge is 2.13. The van der Waals surface area contributed by atoms with E-state index in [4.69, 9.17) is 4.74 Å². The number of non-ortho nitro benzene ring substituents is 1. The van der Waals surface area contributed by atoms with E-state index >= 15 is 0 Å². The Balaban J connectivity index is 2.29. The second kappa shape index (κ2) is 8.77. The number of carbonyl (C=O) groups is 1.